The molecule has 2 unspecified atom stereocenters. The Hall–Kier alpha value is -1.14. The van der Waals surface area contributed by atoms with Crippen LogP contribution in [0.4, 0.5) is 0 Å². The fourth-order valence-electron chi connectivity index (χ4n) is 0.967. The summed E-state index contributed by atoms with van der Waals surface area (Å²) in [5.74, 6) is -0.709. The van der Waals surface area contributed by atoms with Gasteiger partial charge in [0.25, 0.3) is 0 Å². The summed E-state index contributed by atoms with van der Waals surface area (Å²) in [6.45, 7) is 8.96. The molecule has 86 valence electrons. The molecule has 0 rings (SSSR count). The van der Waals surface area contributed by atoms with E-state index in [1.165, 1.54) is 13.8 Å². The number of allylic oxidation sites excluding steroid dienone is 1. The second-order valence-corrected chi connectivity index (χ2v) is 5.13. The van der Waals surface area contributed by atoms with E-state index >= 15 is 0 Å². The maximum absolute atomic E-state index is 11.7. The quantitative estimate of drug-likeness (QED) is 0.406. The first-order chi connectivity index (χ1) is 6.74. The monoisotopic (exact) mass is 233 g/mol. The van der Waals surface area contributed by atoms with E-state index in [-0.39, 0.29) is 0 Å². The summed E-state index contributed by atoms with van der Waals surface area (Å²) in [5.41, 5.74) is 5.50. The van der Waals surface area contributed by atoms with Gasteiger partial charge in [-0.2, -0.15) is 8.42 Å². The number of hydrogen-bond acceptors (Lipinski definition) is 5. The van der Waals surface area contributed by atoms with Crippen LogP contribution in [-0.4, -0.2) is 25.0 Å². The van der Waals surface area contributed by atoms with Crippen molar-refractivity contribution in [3.63, 3.8) is 0 Å². The number of carbonyl (C=O) groups excluding carboxylic acids is 1. The van der Waals surface area contributed by atoms with Crippen LogP contribution in [0.2, 0.25) is 0 Å². The number of nitrogens with two attached hydrogens (primary N) is 1. The molecule has 0 saturated heterocycles. The second-order valence-electron chi connectivity index (χ2n) is 3.18. The number of ketones is 1. The fourth-order valence-corrected chi connectivity index (χ4v) is 2.13. The third-order valence-corrected chi connectivity index (χ3v) is 4.26. The maximum atomic E-state index is 11.7. The van der Waals surface area contributed by atoms with E-state index in [0.717, 1.165) is 12.3 Å². The van der Waals surface area contributed by atoms with Crippen LogP contribution in [0.5, 0.6) is 0 Å². The molecular weight excluding hydrogens is 218 g/mol. The summed E-state index contributed by atoms with van der Waals surface area (Å²) in [4.78, 5) is 11.5. The minimum atomic E-state index is -4.15. The SMILES string of the molecule is C=COS(=O)(=O)C(C)(C(=O)C=C)C(C)N. The third-order valence-electron chi connectivity index (χ3n) is 2.26. The van der Waals surface area contributed by atoms with Crippen molar-refractivity contribution in [3.05, 3.63) is 25.5 Å². The van der Waals surface area contributed by atoms with Gasteiger partial charge in [-0.05, 0) is 19.9 Å². The van der Waals surface area contributed by atoms with Crippen molar-refractivity contribution >= 4 is 15.9 Å². The Morgan fingerprint density at radius 1 is 1.53 bits per heavy atom. The molecule has 5 nitrogen and oxygen atoms in total. The molecule has 0 amide bonds. The van der Waals surface area contributed by atoms with Crippen LogP contribution in [0, 0.1) is 0 Å². The Kier molecular flexibility index (Phi) is 4.24. The van der Waals surface area contributed by atoms with Gasteiger partial charge in [0, 0.05) is 6.04 Å². The van der Waals surface area contributed by atoms with Crippen molar-refractivity contribution in [1.82, 2.24) is 0 Å². The van der Waals surface area contributed by atoms with Crippen molar-refractivity contribution in [2.75, 3.05) is 0 Å². The van der Waals surface area contributed by atoms with Crippen LogP contribution in [0.25, 0.3) is 0 Å². The predicted octanol–water partition coefficient (Wildman–Crippen LogP) is 0.337. The lowest BCUT2D eigenvalue weighted by molar-refractivity contribution is -0.117. The molecule has 0 aromatic carbocycles. The largest absolute Gasteiger partial charge is 0.390 e. The van der Waals surface area contributed by atoms with E-state index in [2.05, 4.69) is 17.3 Å². The third kappa shape index (κ3) is 2.27. The Morgan fingerprint density at radius 3 is 2.27 bits per heavy atom. The first-order valence-corrected chi connectivity index (χ1v) is 5.61. The summed E-state index contributed by atoms with van der Waals surface area (Å²) in [5, 5.41) is 0. The molecule has 6 heteroatoms. The van der Waals surface area contributed by atoms with Gasteiger partial charge in [-0.1, -0.05) is 13.2 Å². The van der Waals surface area contributed by atoms with E-state index in [4.69, 9.17) is 5.73 Å². The smallest absolute Gasteiger partial charge is 0.323 e. The van der Waals surface area contributed by atoms with Crippen LogP contribution in [0.15, 0.2) is 25.5 Å². The van der Waals surface area contributed by atoms with Gasteiger partial charge < -0.3 is 9.92 Å². The molecule has 0 heterocycles. The molecule has 0 aromatic heterocycles. The highest BCUT2D eigenvalue weighted by Crippen LogP contribution is 2.24. The zero-order chi connectivity index (χ0) is 12.3. The van der Waals surface area contributed by atoms with Crippen LogP contribution < -0.4 is 5.73 Å². The summed E-state index contributed by atoms with van der Waals surface area (Å²) >= 11 is 0. The van der Waals surface area contributed by atoms with Crippen LogP contribution in [0.3, 0.4) is 0 Å². The molecule has 0 saturated carbocycles. The van der Waals surface area contributed by atoms with E-state index in [1.807, 2.05) is 0 Å². The average molecular weight is 233 g/mol. The zero-order valence-corrected chi connectivity index (χ0v) is 9.58. The molecule has 2 atom stereocenters. The lowest BCUT2D eigenvalue weighted by atomic mass is 9.98. The molecule has 0 bridgehead atoms. The summed E-state index contributed by atoms with van der Waals surface area (Å²) in [6, 6.07) is -0.923. The van der Waals surface area contributed by atoms with Gasteiger partial charge in [0.2, 0.25) is 0 Å². The summed E-state index contributed by atoms with van der Waals surface area (Å²) in [7, 11) is -4.15. The van der Waals surface area contributed by atoms with Crippen molar-refractivity contribution in [1.29, 1.82) is 0 Å². The normalized spacial score (nSPS) is 17.3. The lowest BCUT2D eigenvalue weighted by Crippen LogP contribution is -2.55. The maximum Gasteiger partial charge on any atom is 0.323 e. The lowest BCUT2D eigenvalue weighted by Gasteiger charge is -2.28. The molecular formula is C9H15NO4S. The van der Waals surface area contributed by atoms with Gasteiger partial charge in [-0.3, -0.25) is 4.79 Å². The average Bonchev–Trinajstić information content (AvgIpc) is 2.14. The van der Waals surface area contributed by atoms with Gasteiger partial charge in [0.1, 0.15) is 0 Å². The Balaban J connectivity index is 5.60. The first kappa shape index (κ1) is 13.9. The molecule has 15 heavy (non-hydrogen) atoms. The van der Waals surface area contributed by atoms with E-state index in [0.29, 0.717) is 0 Å². The van der Waals surface area contributed by atoms with Crippen LogP contribution >= 0.6 is 0 Å². The first-order valence-electron chi connectivity index (χ1n) is 4.20. The molecule has 0 aliphatic carbocycles. The van der Waals surface area contributed by atoms with Gasteiger partial charge in [-0.25, -0.2) is 0 Å². The standard InChI is InChI=1S/C9H15NO4S/c1-5-8(11)9(4,7(3)10)15(12,13)14-6-2/h5-7H,1-2,10H2,3-4H3. The molecule has 0 spiro atoms. The second kappa shape index (κ2) is 4.59. The highest BCUT2D eigenvalue weighted by Gasteiger charge is 2.49. The van der Waals surface area contributed by atoms with Crippen LogP contribution in [-0.2, 0) is 19.1 Å². The Bertz CT molecular complexity index is 372. The van der Waals surface area contributed by atoms with Gasteiger partial charge in [-0.15, -0.1) is 0 Å². The molecule has 0 aliphatic heterocycles. The zero-order valence-electron chi connectivity index (χ0n) is 8.76. The summed E-state index contributed by atoms with van der Waals surface area (Å²) in [6.07, 6.45) is 1.65. The van der Waals surface area contributed by atoms with Gasteiger partial charge in [0.15, 0.2) is 10.5 Å². The Labute approximate surface area is 89.7 Å². The predicted molar refractivity (Wildman–Crippen MR) is 57.5 cm³/mol. The number of hydrogen-bond donors (Lipinski definition) is 1. The van der Waals surface area contributed by atoms with Gasteiger partial charge >= 0.3 is 10.1 Å². The highest BCUT2D eigenvalue weighted by molar-refractivity contribution is 7.89. The fraction of sp³-hybridized carbons (Fsp3) is 0.444. The van der Waals surface area contributed by atoms with Crippen molar-refractivity contribution in [2.24, 2.45) is 5.73 Å². The molecule has 0 aliphatic rings. The van der Waals surface area contributed by atoms with E-state index in [9.17, 15) is 13.2 Å². The van der Waals surface area contributed by atoms with Crippen LogP contribution in [0.1, 0.15) is 13.8 Å². The van der Waals surface area contributed by atoms with Crippen molar-refractivity contribution in [3.8, 4) is 0 Å². The topological polar surface area (TPSA) is 86.5 Å². The van der Waals surface area contributed by atoms with Crippen molar-refractivity contribution < 1.29 is 17.4 Å². The van der Waals surface area contributed by atoms with Crippen molar-refractivity contribution in [2.45, 2.75) is 24.6 Å². The molecule has 0 fully saturated rings. The molecule has 0 radical (unpaired) electrons. The highest BCUT2D eigenvalue weighted by atomic mass is 32.2. The van der Waals surface area contributed by atoms with Gasteiger partial charge in [0.05, 0.1) is 6.26 Å². The van der Waals surface area contributed by atoms with E-state index < -0.39 is 26.7 Å². The molecule has 2 N–H and O–H groups in total. The minimum absolute atomic E-state index is 0.709. The number of carbonyl (C=O) groups is 1. The minimum Gasteiger partial charge on any atom is -0.390 e. The Morgan fingerprint density at radius 2 is 2.00 bits per heavy atom. The molecule has 0 aromatic rings. The van der Waals surface area contributed by atoms with E-state index in [1.54, 1.807) is 0 Å². The summed E-state index contributed by atoms with van der Waals surface area (Å²) < 4.78 is 25.8. The number of rotatable bonds is 6.